The highest BCUT2D eigenvalue weighted by Gasteiger charge is 2.31. The van der Waals surface area contributed by atoms with E-state index in [1.54, 1.807) is 12.1 Å². The molecule has 0 amide bonds. The zero-order chi connectivity index (χ0) is 13.2. The monoisotopic (exact) mass is 250 g/mol. The first-order chi connectivity index (χ1) is 8.50. The van der Waals surface area contributed by atoms with Crippen molar-refractivity contribution in [1.29, 1.82) is 0 Å². The van der Waals surface area contributed by atoms with Crippen molar-refractivity contribution in [3.63, 3.8) is 0 Å². The molecular formula is C13H18N2O3. The van der Waals surface area contributed by atoms with E-state index in [4.69, 9.17) is 0 Å². The van der Waals surface area contributed by atoms with E-state index in [1.807, 2.05) is 0 Å². The van der Waals surface area contributed by atoms with Gasteiger partial charge >= 0.3 is 0 Å². The molecule has 1 aromatic rings. The van der Waals surface area contributed by atoms with E-state index in [0.717, 1.165) is 12.8 Å². The standard InChI is InChI=1S/C13H18N2O3/c1-13(7-2-8-13)14-9-12(16)10-3-5-11(6-4-10)15(17)18/h3-6,12,14,16H,2,7-9H2,1H3. The maximum atomic E-state index is 10.5. The fraction of sp³-hybridized carbons (Fsp3) is 0.538. The van der Waals surface area contributed by atoms with Gasteiger partial charge in [-0.2, -0.15) is 0 Å². The van der Waals surface area contributed by atoms with Crippen LogP contribution in [0.2, 0.25) is 0 Å². The van der Waals surface area contributed by atoms with E-state index in [9.17, 15) is 15.2 Å². The molecule has 1 unspecified atom stereocenters. The third-order valence-corrected chi connectivity index (χ3v) is 3.67. The maximum Gasteiger partial charge on any atom is 0.269 e. The summed E-state index contributed by atoms with van der Waals surface area (Å²) in [6.07, 6.45) is 2.89. The van der Waals surface area contributed by atoms with Crippen LogP contribution in [0.25, 0.3) is 0 Å². The predicted octanol–water partition coefficient (Wildman–Crippen LogP) is 2.16. The Morgan fingerprint density at radius 3 is 2.50 bits per heavy atom. The van der Waals surface area contributed by atoms with Gasteiger partial charge in [-0.3, -0.25) is 10.1 Å². The summed E-state index contributed by atoms with van der Waals surface area (Å²) in [6.45, 7) is 2.63. The Hall–Kier alpha value is -1.46. The minimum absolute atomic E-state index is 0.0462. The number of hydrogen-bond donors (Lipinski definition) is 2. The maximum absolute atomic E-state index is 10.5. The molecule has 1 saturated carbocycles. The fourth-order valence-electron chi connectivity index (χ4n) is 2.16. The van der Waals surface area contributed by atoms with Gasteiger partial charge in [-0.05, 0) is 43.9 Å². The second-order valence-corrected chi connectivity index (χ2v) is 5.16. The smallest absolute Gasteiger partial charge is 0.269 e. The predicted molar refractivity (Wildman–Crippen MR) is 68.3 cm³/mol. The van der Waals surface area contributed by atoms with Gasteiger partial charge in [0, 0.05) is 24.2 Å². The van der Waals surface area contributed by atoms with Gasteiger partial charge in [0.2, 0.25) is 0 Å². The van der Waals surface area contributed by atoms with Crippen molar-refractivity contribution in [1.82, 2.24) is 5.32 Å². The van der Waals surface area contributed by atoms with Crippen LogP contribution in [-0.2, 0) is 0 Å². The first-order valence-electron chi connectivity index (χ1n) is 6.18. The lowest BCUT2D eigenvalue weighted by Gasteiger charge is -2.40. The van der Waals surface area contributed by atoms with Gasteiger partial charge in [0.25, 0.3) is 5.69 Å². The Morgan fingerprint density at radius 2 is 2.06 bits per heavy atom. The Kier molecular flexibility index (Phi) is 3.63. The first kappa shape index (κ1) is 13.0. The molecule has 18 heavy (non-hydrogen) atoms. The van der Waals surface area contributed by atoms with Crippen LogP contribution in [0, 0.1) is 10.1 Å². The van der Waals surface area contributed by atoms with Gasteiger partial charge in [0.1, 0.15) is 0 Å². The van der Waals surface area contributed by atoms with E-state index < -0.39 is 11.0 Å². The number of benzene rings is 1. The summed E-state index contributed by atoms with van der Waals surface area (Å²) >= 11 is 0. The van der Waals surface area contributed by atoms with Crippen molar-refractivity contribution >= 4 is 5.69 Å². The molecule has 5 nitrogen and oxygen atoms in total. The number of hydrogen-bond acceptors (Lipinski definition) is 4. The summed E-state index contributed by atoms with van der Waals surface area (Å²) in [4.78, 5) is 10.1. The van der Waals surface area contributed by atoms with Crippen LogP contribution in [0.3, 0.4) is 0 Å². The molecule has 0 spiro atoms. The fourth-order valence-corrected chi connectivity index (χ4v) is 2.16. The SMILES string of the molecule is CC1(NCC(O)c2ccc([N+](=O)[O-])cc2)CCC1. The molecule has 0 saturated heterocycles. The van der Waals surface area contributed by atoms with Crippen LogP contribution in [0.1, 0.15) is 37.9 Å². The van der Waals surface area contributed by atoms with Crippen molar-refractivity contribution in [3.05, 3.63) is 39.9 Å². The van der Waals surface area contributed by atoms with Gasteiger partial charge < -0.3 is 10.4 Å². The first-order valence-corrected chi connectivity index (χ1v) is 6.18. The second kappa shape index (κ2) is 5.04. The Bertz CT molecular complexity index is 426. The molecule has 0 heterocycles. The van der Waals surface area contributed by atoms with Gasteiger partial charge in [-0.15, -0.1) is 0 Å². The molecule has 2 rings (SSSR count). The summed E-state index contributed by atoms with van der Waals surface area (Å²) in [6, 6.07) is 6.05. The number of nitro benzene ring substituents is 1. The molecule has 0 aliphatic heterocycles. The van der Waals surface area contributed by atoms with E-state index in [2.05, 4.69) is 12.2 Å². The summed E-state index contributed by atoms with van der Waals surface area (Å²) in [5.41, 5.74) is 0.905. The molecule has 0 bridgehead atoms. The zero-order valence-electron chi connectivity index (χ0n) is 10.4. The van der Waals surface area contributed by atoms with Gasteiger partial charge in [-0.25, -0.2) is 0 Å². The lowest BCUT2D eigenvalue weighted by molar-refractivity contribution is -0.384. The molecule has 0 radical (unpaired) electrons. The number of nitro groups is 1. The topological polar surface area (TPSA) is 75.4 Å². The highest BCUT2D eigenvalue weighted by Crippen LogP contribution is 2.31. The number of aliphatic hydroxyl groups excluding tert-OH is 1. The van der Waals surface area contributed by atoms with E-state index in [-0.39, 0.29) is 11.2 Å². The van der Waals surface area contributed by atoms with Crippen molar-refractivity contribution < 1.29 is 10.0 Å². The van der Waals surface area contributed by atoms with Crippen LogP contribution in [0.5, 0.6) is 0 Å². The van der Waals surface area contributed by atoms with Gasteiger partial charge in [0.05, 0.1) is 11.0 Å². The summed E-state index contributed by atoms with van der Waals surface area (Å²) in [5, 5.41) is 23.9. The third-order valence-electron chi connectivity index (χ3n) is 3.67. The van der Waals surface area contributed by atoms with E-state index >= 15 is 0 Å². The molecule has 1 aliphatic carbocycles. The minimum atomic E-state index is -0.622. The number of nitrogens with one attached hydrogen (secondary N) is 1. The molecule has 1 aliphatic rings. The zero-order valence-corrected chi connectivity index (χ0v) is 10.4. The van der Waals surface area contributed by atoms with Crippen LogP contribution < -0.4 is 5.32 Å². The summed E-state index contributed by atoms with van der Waals surface area (Å²) < 4.78 is 0. The number of nitrogens with zero attached hydrogens (tertiary/aromatic N) is 1. The third kappa shape index (κ3) is 2.86. The van der Waals surface area contributed by atoms with Crippen LogP contribution in [0.4, 0.5) is 5.69 Å². The largest absolute Gasteiger partial charge is 0.387 e. The quantitative estimate of drug-likeness (QED) is 0.620. The summed E-state index contributed by atoms with van der Waals surface area (Å²) in [7, 11) is 0. The molecule has 1 atom stereocenters. The Morgan fingerprint density at radius 1 is 1.44 bits per heavy atom. The normalized spacial score (nSPS) is 19.0. The number of β-amino-alcohol motifs (C(OH)–C–C–N with tert-alkyl or cyclic N) is 1. The molecular weight excluding hydrogens is 232 g/mol. The van der Waals surface area contributed by atoms with Gasteiger partial charge in [-0.1, -0.05) is 0 Å². The molecule has 1 fully saturated rings. The second-order valence-electron chi connectivity index (χ2n) is 5.16. The molecule has 2 N–H and O–H groups in total. The summed E-state index contributed by atoms with van der Waals surface area (Å²) in [5.74, 6) is 0. The lowest BCUT2D eigenvalue weighted by Crippen LogP contribution is -2.49. The minimum Gasteiger partial charge on any atom is -0.387 e. The average molecular weight is 250 g/mol. The van der Waals surface area contributed by atoms with Crippen molar-refractivity contribution in [2.45, 2.75) is 37.8 Å². The number of aliphatic hydroxyl groups is 1. The van der Waals surface area contributed by atoms with Crippen molar-refractivity contribution in [2.75, 3.05) is 6.54 Å². The van der Waals surface area contributed by atoms with E-state index in [0.29, 0.717) is 12.1 Å². The number of rotatable bonds is 5. The van der Waals surface area contributed by atoms with Crippen molar-refractivity contribution in [2.24, 2.45) is 0 Å². The molecule has 98 valence electrons. The van der Waals surface area contributed by atoms with E-state index in [1.165, 1.54) is 18.6 Å². The Labute approximate surface area is 106 Å². The number of non-ortho nitro benzene ring substituents is 1. The van der Waals surface area contributed by atoms with Gasteiger partial charge in [0.15, 0.2) is 0 Å². The molecule has 0 aromatic heterocycles. The Balaban J connectivity index is 1.91. The van der Waals surface area contributed by atoms with Crippen LogP contribution in [-0.4, -0.2) is 22.1 Å². The molecule has 5 heteroatoms. The molecule has 1 aromatic carbocycles. The lowest BCUT2D eigenvalue weighted by atomic mass is 9.78. The average Bonchev–Trinajstić information content (AvgIpc) is 2.33. The van der Waals surface area contributed by atoms with Crippen molar-refractivity contribution in [3.8, 4) is 0 Å². The highest BCUT2D eigenvalue weighted by molar-refractivity contribution is 5.33. The van der Waals surface area contributed by atoms with Crippen LogP contribution >= 0.6 is 0 Å². The highest BCUT2D eigenvalue weighted by atomic mass is 16.6. The van der Waals surface area contributed by atoms with Crippen LogP contribution in [0.15, 0.2) is 24.3 Å².